The Kier molecular flexibility index (Phi) is 21.4. The predicted octanol–water partition coefficient (Wildman–Crippen LogP) is 4.22. The van der Waals surface area contributed by atoms with Gasteiger partial charge in [0.05, 0.1) is 106 Å². The van der Waals surface area contributed by atoms with E-state index in [1.807, 2.05) is 0 Å². The van der Waals surface area contributed by atoms with Gasteiger partial charge in [-0.3, -0.25) is 0 Å². The summed E-state index contributed by atoms with van der Waals surface area (Å²) in [4.78, 5) is 0. The van der Waals surface area contributed by atoms with Gasteiger partial charge in [-0.1, -0.05) is 81.4 Å². The minimum Gasteiger partial charge on any atom is -0.405 e. The van der Waals surface area contributed by atoms with Crippen LogP contribution >= 0.6 is 0 Å². The van der Waals surface area contributed by atoms with Crippen LogP contribution in [0, 0.1) is 0 Å². The number of ether oxygens (including phenoxy) is 9. The molecule has 2 aromatic carbocycles. The SMILES string of the molecule is CC(C)(C)[Si](OCCOCCOCCOCCOCCOCCOCCOCCOC1CCCCO1)(c1ccccc1)c1ccccc1. The van der Waals surface area contributed by atoms with E-state index >= 15 is 0 Å². The van der Waals surface area contributed by atoms with E-state index in [1.165, 1.54) is 16.8 Å². The van der Waals surface area contributed by atoms with E-state index < -0.39 is 8.32 Å². The van der Waals surface area contributed by atoms with E-state index in [9.17, 15) is 0 Å². The van der Waals surface area contributed by atoms with Gasteiger partial charge in [0.25, 0.3) is 8.32 Å². The molecule has 1 saturated heterocycles. The van der Waals surface area contributed by atoms with Crippen LogP contribution in [-0.2, 0) is 47.1 Å². The smallest absolute Gasteiger partial charge is 0.261 e. The van der Waals surface area contributed by atoms with Gasteiger partial charge in [0.1, 0.15) is 0 Å². The summed E-state index contributed by atoms with van der Waals surface area (Å²) in [5.74, 6) is 0. The van der Waals surface area contributed by atoms with Crippen molar-refractivity contribution in [2.75, 3.05) is 112 Å². The molecule has 0 spiro atoms. The van der Waals surface area contributed by atoms with Crippen LogP contribution in [0.15, 0.2) is 60.7 Å². The van der Waals surface area contributed by atoms with Crippen LogP contribution < -0.4 is 10.4 Å². The lowest BCUT2D eigenvalue weighted by atomic mass is 10.2. The largest absolute Gasteiger partial charge is 0.405 e. The third-order valence-electron chi connectivity index (χ3n) is 7.86. The molecular weight excluding hydrogens is 632 g/mol. The van der Waals surface area contributed by atoms with E-state index in [-0.39, 0.29) is 11.3 Å². The Bertz CT molecular complexity index is 978. The number of hydrogen-bond donors (Lipinski definition) is 0. The van der Waals surface area contributed by atoms with Gasteiger partial charge in [0.2, 0.25) is 0 Å². The van der Waals surface area contributed by atoms with Crippen LogP contribution in [0.5, 0.6) is 0 Å². The first kappa shape index (κ1) is 40.7. The van der Waals surface area contributed by atoms with Crippen LogP contribution in [0.4, 0.5) is 0 Å². The molecule has 0 amide bonds. The lowest BCUT2D eigenvalue weighted by molar-refractivity contribution is -0.169. The molecule has 3 rings (SSSR count). The normalized spacial score (nSPS) is 15.6. The van der Waals surface area contributed by atoms with Crippen molar-refractivity contribution in [3.8, 4) is 0 Å². The molecule has 0 radical (unpaired) electrons. The summed E-state index contributed by atoms with van der Waals surface area (Å²) in [6, 6.07) is 21.3. The molecule has 1 aliphatic rings. The van der Waals surface area contributed by atoms with Gasteiger partial charge >= 0.3 is 0 Å². The summed E-state index contributed by atoms with van der Waals surface area (Å²) in [5, 5.41) is 2.49. The number of hydrogen-bond acceptors (Lipinski definition) is 10. The van der Waals surface area contributed by atoms with Gasteiger partial charge in [0.15, 0.2) is 6.29 Å². The van der Waals surface area contributed by atoms with Crippen LogP contribution in [0.3, 0.4) is 0 Å². The minimum atomic E-state index is -2.53. The highest BCUT2D eigenvalue weighted by Gasteiger charge is 2.50. The highest BCUT2D eigenvalue weighted by molar-refractivity contribution is 6.99. The van der Waals surface area contributed by atoms with E-state index in [0.717, 1.165) is 19.4 Å². The standard InChI is InChI=1S/C37H60O10Si/c1-37(2,3)48(34-12-6-4-7-13-34,35-14-8-5-9-15-35)47-33-31-44-29-27-42-25-23-40-21-19-38-18-20-39-22-24-41-26-28-43-30-32-46-36-16-10-11-17-45-36/h4-9,12-15,36H,10-11,16-33H2,1-3H3. The summed E-state index contributed by atoms with van der Waals surface area (Å²) in [5.41, 5.74) is 0. The summed E-state index contributed by atoms with van der Waals surface area (Å²) in [6.07, 6.45) is 3.20. The van der Waals surface area contributed by atoms with Gasteiger partial charge in [-0.2, -0.15) is 0 Å². The summed E-state index contributed by atoms with van der Waals surface area (Å²) < 4.78 is 57.1. The van der Waals surface area contributed by atoms with Crippen molar-refractivity contribution in [1.29, 1.82) is 0 Å². The van der Waals surface area contributed by atoms with E-state index in [0.29, 0.717) is 106 Å². The first-order chi connectivity index (χ1) is 23.5. The lowest BCUT2D eigenvalue weighted by Crippen LogP contribution is -2.66. The molecule has 1 aliphatic heterocycles. The molecule has 1 heterocycles. The fourth-order valence-electron chi connectivity index (χ4n) is 5.52. The summed E-state index contributed by atoms with van der Waals surface area (Å²) in [7, 11) is -2.53. The highest BCUT2D eigenvalue weighted by Crippen LogP contribution is 2.36. The third kappa shape index (κ3) is 15.9. The van der Waals surface area contributed by atoms with Crippen molar-refractivity contribution in [2.24, 2.45) is 0 Å². The molecule has 0 bridgehead atoms. The highest BCUT2D eigenvalue weighted by atomic mass is 28.4. The maximum Gasteiger partial charge on any atom is 0.261 e. The van der Waals surface area contributed by atoms with Gasteiger partial charge < -0.3 is 47.1 Å². The second-order valence-electron chi connectivity index (χ2n) is 12.5. The van der Waals surface area contributed by atoms with Crippen LogP contribution in [0.25, 0.3) is 0 Å². The van der Waals surface area contributed by atoms with Crippen molar-refractivity contribution in [3.05, 3.63) is 60.7 Å². The Morgan fingerprint density at radius 2 is 0.896 bits per heavy atom. The second kappa shape index (κ2) is 25.2. The average Bonchev–Trinajstić information content (AvgIpc) is 3.10. The Morgan fingerprint density at radius 1 is 0.521 bits per heavy atom. The zero-order valence-electron chi connectivity index (χ0n) is 29.6. The van der Waals surface area contributed by atoms with Crippen LogP contribution in [0.1, 0.15) is 40.0 Å². The monoisotopic (exact) mass is 692 g/mol. The zero-order valence-corrected chi connectivity index (χ0v) is 30.6. The Labute approximate surface area is 289 Å². The molecule has 0 aliphatic carbocycles. The van der Waals surface area contributed by atoms with Crippen molar-refractivity contribution < 1.29 is 47.1 Å². The topological polar surface area (TPSA) is 92.3 Å². The maximum absolute atomic E-state index is 6.84. The van der Waals surface area contributed by atoms with E-state index in [4.69, 9.17) is 47.1 Å². The molecule has 11 heteroatoms. The number of benzene rings is 2. The molecule has 0 aromatic heterocycles. The molecule has 1 unspecified atom stereocenters. The Balaban J connectivity index is 1.08. The average molecular weight is 693 g/mol. The van der Waals surface area contributed by atoms with Gasteiger partial charge in [-0.05, 0) is 34.7 Å². The van der Waals surface area contributed by atoms with Crippen molar-refractivity contribution in [2.45, 2.75) is 51.4 Å². The first-order valence-corrected chi connectivity index (χ1v) is 19.5. The Morgan fingerprint density at radius 3 is 1.25 bits per heavy atom. The minimum absolute atomic E-state index is 0.0511. The summed E-state index contributed by atoms with van der Waals surface area (Å²) >= 11 is 0. The molecule has 1 fully saturated rings. The van der Waals surface area contributed by atoms with E-state index in [1.54, 1.807) is 0 Å². The quantitative estimate of drug-likeness (QED) is 0.0954. The number of rotatable bonds is 28. The van der Waals surface area contributed by atoms with Crippen LogP contribution in [-0.4, -0.2) is 127 Å². The second-order valence-corrected chi connectivity index (χ2v) is 16.8. The fourth-order valence-corrected chi connectivity index (χ4v) is 10.1. The van der Waals surface area contributed by atoms with Gasteiger partial charge in [-0.25, -0.2) is 0 Å². The van der Waals surface area contributed by atoms with E-state index in [2.05, 4.69) is 81.4 Å². The van der Waals surface area contributed by atoms with Gasteiger partial charge in [0, 0.05) is 6.61 Å². The predicted molar refractivity (Wildman–Crippen MR) is 189 cm³/mol. The third-order valence-corrected chi connectivity index (χ3v) is 12.9. The van der Waals surface area contributed by atoms with Crippen LogP contribution in [0.2, 0.25) is 5.04 Å². The molecule has 10 nitrogen and oxygen atoms in total. The van der Waals surface area contributed by atoms with Crippen molar-refractivity contribution in [1.82, 2.24) is 0 Å². The first-order valence-electron chi connectivity index (χ1n) is 17.6. The van der Waals surface area contributed by atoms with Crippen molar-refractivity contribution in [3.63, 3.8) is 0 Å². The van der Waals surface area contributed by atoms with Gasteiger partial charge in [-0.15, -0.1) is 0 Å². The molecular formula is C37H60O10Si. The molecule has 48 heavy (non-hydrogen) atoms. The fraction of sp³-hybridized carbons (Fsp3) is 0.676. The lowest BCUT2D eigenvalue weighted by Gasteiger charge is -2.43. The maximum atomic E-state index is 6.84. The molecule has 0 saturated carbocycles. The molecule has 0 N–H and O–H groups in total. The molecule has 272 valence electrons. The molecule has 2 aromatic rings. The summed E-state index contributed by atoms with van der Waals surface area (Å²) in [6.45, 7) is 16.0. The Hall–Kier alpha value is -1.74. The molecule has 1 atom stereocenters. The zero-order chi connectivity index (χ0) is 34.0. The van der Waals surface area contributed by atoms with Crippen molar-refractivity contribution >= 4 is 18.7 Å².